The van der Waals surface area contributed by atoms with Gasteiger partial charge in [-0.1, -0.05) is 41.0 Å². The molecule has 0 saturated carbocycles. The highest BCUT2D eigenvalue weighted by molar-refractivity contribution is 7.99. The zero-order chi connectivity index (χ0) is 13.8. The van der Waals surface area contributed by atoms with E-state index in [0.717, 1.165) is 26.9 Å². The first-order valence-corrected chi connectivity index (χ1v) is 7.45. The minimum Gasteiger partial charge on any atom is -0.328 e. The molecule has 0 bridgehead atoms. The van der Waals surface area contributed by atoms with Crippen LogP contribution < -0.4 is 5.73 Å². The van der Waals surface area contributed by atoms with Crippen LogP contribution in [0.25, 0.3) is 0 Å². The molecule has 5 heteroatoms. The summed E-state index contributed by atoms with van der Waals surface area (Å²) in [4.78, 5) is 5.21. The van der Waals surface area contributed by atoms with E-state index in [1.807, 2.05) is 37.3 Å². The lowest BCUT2D eigenvalue weighted by molar-refractivity contribution is 0.738. The van der Waals surface area contributed by atoms with Crippen LogP contribution in [0.1, 0.15) is 12.5 Å². The van der Waals surface area contributed by atoms with Gasteiger partial charge in [0.2, 0.25) is 0 Å². The van der Waals surface area contributed by atoms with Crippen molar-refractivity contribution in [1.82, 2.24) is 4.98 Å². The van der Waals surface area contributed by atoms with Gasteiger partial charge in [-0.25, -0.2) is 4.98 Å². The summed E-state index contributed by atoms with van der Waals surface area (Å²) in [6.45, 7) is 1.98. The Hall–Kier alpha value is -0.740. The van der Waals surface area contributed by atoms with E-state index in [1.54, 1.807) is 6.20 Å². The first kappa shape index (κ1) is 14.7. The summed E-state index contributed by atoms with van der Waals surface area (Å²) in [7, 11) is 0. The molecule has 2 rings (SSSR count). The second-order valence-electron chi connectivity index (χ2n) is 4.36. The minimum atomic E-state index is 0.132. The number of hydrogen-bond donors (Lipinski definition) is 1. The molecule has 1 heterocycles. The van der Waals surface area contributed by atoms with Crippen LogP contribution in [-0.4, -0.2) is 11.0 Å². The van der Waals surface area contributed by atoms with Crippen LogP contribution in [0, 0.1) is 0 Å². The van der Waals surface area contributed by atoms with Gasteiger partial charge in [0.25, 0.3) is 0 Å². The Bertz CT molecular complexity index is 556. The van der Waals surface area contributed by atoms with Crippen LogP contribution in [-0.2, 0) is 6.42 Å². The van der Waals surface area contributed by atoms with Crippen molar-refractivity contribution in [3.63, 3.8) is 0 Å². The minimum absolute atomic E-state index is 0.132. The topological polar surface area (TPSA) is 38.9 Å². The Morgan fingerprint density at radius 3 is 2.63 bits per heavy atom. The van der Waals surface area contributed by atoms with Gasteiger partial charge in [0.05, 0.1) is 10.0 Å². The van der Waals surface area contributed by atoms with Crippen LogP contribution in [0.2, 0.25) is 10.0 Å². The molecular weight excluding hydrogens is 299 g/mol. The van der Waals surface area contributed by atoms with E-state index in [0.29, 0.717) is 5.02 Å². The lowest BCUT2D eigenvalue weighted by Gasteiger charge is -2.08. The van der Waals surface area contributed by atoms with Gasteiger partial charge in [-0.15, -0.1) is 0 Å². The van der Waals surface area contributed by atoms with Gasteiger partial charge < -0.3 is 5.73 Å². The van der Waals surface area contributed by atoms with E-state index in [2.05, 4.69) is 4.98 Å². The summed E-state index contributed by atoms with van der Waals surface area (Å²) in [5, 5.41) is 2.22. The number of halogens is 2. The van der Waals surface area contributed by atoms with Crippen LogP contribution in [0.5, 0.6) is 0 Å². The fourth-order valence-electron chi connectivity index (χ4n) is 1.66. The van der Waals surface area contributed by atoms with Gasteiger partial charge in [-0.05, 0) is 43.2 Å². The molecule has 2 nitrogen and oxygen atoms in total. The van der Waals surface area contributed by atoms with Crippen molar-refractivity contribution >= 4 is 35.0 Å². The molecule has 1 aromatic heterocycles. The van der Waals surface area contributed by atoms with E-state index in [1.165, 1.54) is 11.8 Å². The quantitative estimate of drug-likeness (QED) is 0.907. The maximum absolute atomic E-state index is 6.28. The molecule has 2 N–H and O–H groups in total. The highest BCUT2D eigenvalue weighted by atomic mass is 35.5. The first-order valence-electron chi connectivity index (χ1n) is 5.88. The summed E-state index contributed by atoms with van der Waals surface area (Å²) in [6.07, 6.45) is 2.45. The molecule has 100 valence electrons. The molecule has 0 spiro atoms. The molecule has 0 aliphatic carbocycles. The highest BCUT2D eigenvalue weighted by Crippen LogP contribution is 2.33. The van der Waals surface area contributed by atoms with Crippen molar-refractivity contribution in [3.8, 4) is 0 Å². The Labute approximate surface area is 127 Å². The highest BCUT2D eigenvalue weighted by Gasteiger charge is 2.06. The van der Waals surface area contributed by atoms with Crippen molar-refractivity contribution in [2.24, 2.45) is 5.73 Å². The largest absolute Gasteiger partial charge is 0.328 e. The number of nitrogens with two attached hydrogens (primary N) is 1. The van der Waals surface area contributed by atoms with Crippen LogP contribution in [0.15, 0.2) is 46.5 Å². The van der Waals surface area contributed by atoms with E-state index in [9.17, 15) is 0 Å². The summed E-state index contributed by atoms with van der Waals surface area (Å²) < 4.78 is 0. The molecule has 0 fully saturated rings. The zero-order valence-corrected chi connectivity index (χ0v) is 12.8. The van der Waals surface area contributed by atoms with Gasteiger partial charge in [0.1, 0.15) is 5.03 Å². The molecule has 1 atom stereocenters. The third-order valence-corrected chi connectivity index (χ3v) is 4.14. The van der Waals surface area contributed by atoms with Gasteiger partial charge in [0, 0.05) is 17.1 Å². The SMILES string of the molecule is CC(N)Cc1ccc(Sc2ccc(Cl)cn2)c(Cl)c1. The van der Waals surface area contributed by atoms with E-state index in [-0.39, 0.29) is 6.04 Å². The number of aromatic nitrogens is 1. The van der Waals surface area contributed by atoms with Gasteiger partial charge in [-0.2, -0.15) is 0 Å². The van der Waals surface area contributed by atoms with E-state index < -0.39 is 0 Å². The van der Waals surface area contributed by atoms with Crippen LogP contribution in [0.4, 0.5) is 0 Å². The average molecular weight is 313 g/mol. The average Bonchev–Trinajstić information content (AvgIpc) is 2.34. The monoisotopic (exact) mass is 312 g/mol. The standard InChI is InChI=1S/C14H14Cl2N2S/c1-9(17)6-10-2-4-13(12(16)7-10)19-14-5-3-11(15)8-18-14/h2-5,7-9H,6,17H2,1H3. The smallest absolute Gasteiger partial charge is 0.101 e. The fraction of sp³-hybridized carbons (Fsp3) is 0.214. The van der Waals surface area contributed by atoms with Crippen molar-refractivity contribution in [2.45, 2.75) is 29.3 Å². The third-order valence-electron chi connectivity index (χ3n) is 2.47. The Kier molecular flexibility index (Phi) is 5.11. The molecular formula is C14H14Cl2N2S. The van der Waals surface area contributed by atoms with Crippen molar-refractivity contribution < 1.29 is 0 Å². The maximum atomic E-state index is 6.28. The number of nitrogens with zero attached hydrogens (tertiary/aromatic N) is 1. The summed E-state index contributed by atoms with van der Waals surface area (Å²) in [6, 6.07) is 9.83. The van der Waals surface area contributed by atoms with Gasteiger partial charge >= 0.3 is 0 Å². The molecule has 0 aliphatic rings. The summed E-state index contributed by atoms with van der Waals surface area (Å²) in [5.41, 5.74) is 6.93. The molecule has 1 unspecified atom stereocenters. The molecule has 1 aromatic carbocycles. The normalized spacial score (nSPS) is 12.4. The summed E-state index contributed by atoms with van der Waals surface area (Å²) in [5.74, 6) is 0. The van der Waals surface area contributed by atoms with Crippen molar-refractivity contribution in [3.05, 3.63) is 52.1 Å². The van der Waals surface area contributed by atoms with Crippen molar-refractivity contribution in [2.75, 3.05) is 0 Å². The Morgan fingerprint density at radius 2 is 2.05 bits per heavy atom. The molecule has 19 heavy (non-hydrogen) atoms. The van der Waals surface area contributed by atoms with Crippen LogP contribution >= 0.6 is 35.0 Å². The first-order chi connectivity index (χ1) is 9.04. The second-order valence-corrected chi connectivity index (χ2v) is 6.27. The van der Waals surface area contributed by atoms with Gasteiger partial charge in [0.15, 0.2) is 0 Å². The Balaban J connectivity index is 2.15. The number of pyridine rings is 1. The van der Waals surface area contributed by atoms with E-state index >= 15 is 0 Å². The van der Waals surface area contributed by atoms with Crippen LogP contribution in [0.3, 0.4) is 0 Å². The van der Waals surface area contributed by atoms with Crippen molar-refractivity contribution in [1.29, 1.82) is 0 Å². The van der Waals surface area contributed by atoms with Gasteiger partial charge in [-0.3, -0.25) is 0 Å². The lowest BCUT2D eigenvalue weighted by atomic mass is 10.1. The van der Waals surface area contributed by atoms with E-state index in [4.69, 9.17) is 28.9 Å². The zero-order valence-electron chi connectivity index (χ0n) is 10.4. The Morgan fingerprint density at radius 1 is 1.26 bits per heavy atom. The lowest BCUT2D eigenvalue weighted by Crippen LogP contribution is -2.17. The summed E-state index contributed by atoms with van der Waals surface area (Å²) >= 11 is 13.6. The molecule has 0 saturated heterocycles. The third kappa shape index (κ3) is 4.39. The number of rotatable bonds is 4. The second kappa shape index (κ2) is 6.62. The molecule has 0 amide bonds. The maximum Gasteiger partial charge on any atom is 0.101 e. The predicted molar refractivity (Wildman–Crippen MR) is 82.2 cm³/mol. The fourth-order valence-corrected chi connectivity index (χ4v) is 2.85. The predicted octanol–water partition coefficient (Wildman–Crippen LogP) is 4.43. The molecule has 0 radical (unpaired) electrons. The number of benzene rings is 1. The molecule has 0 aliphatic heterocycles. The number of hydrogen-bond acceptors (Lipinski definition) is 3. The molecule has 2 aromatic rings.